The second-order valence-electron chi connectivity index (χ2n) is 7.99. The third-order valence-electron chi connectivity index (χ3n) is 5.79. The zero-order valence-electron chi connectivity index (χ0n) is 19.4. The number of hydrogen-bond acceptors (Lipinski definition) is 9. The lowest BCUT2D eigenvalue weighted by Gasteiger charge is -2.26. The number of nitrogens with one attached hydrogen (secondary N) is 2. The van der Waals surface area contributed by atoms with E-state index in [1.165, 1.54) is 18.5 Å². The van der Waals surface area contributed by atoms with Gasteiger partial charge >= 0.3 is 0 Å². The lowest BCUT2D eigenvalue weighted by atomic mass is 10.1. The highest BCUT2D eigenvalue weighted by Gasteiger charge is 2.15. The van der Waals surface area contributed by atoms with E-state index in [4.69, 9.17) is 14.2 Å². The minimum atomic E-state index is -0.491. The van der Waals surface area contributed by atoms with E-state index in [0.29, 0.717) is 46.9 Å². The van der Waals surface area contributed by atoms with E-state index in [0.717, 1.165) is 39.4 Å². The van der Waals surface area contributed by atoms with Gasteiger partial charge in [-0.1, -0.05) is 0 Å². The van der Waals surface area contributed by atoms with Gasteiger partial charge in [-0.05, 0) is 25.1 Å². The molecule has 0 radical (unpaired) electrons. The zero-order valence-corrected chi connectivity index (χ0v) is 19.4. The molecular weight excluding hydrogens is 441 g/mol. The number of methoxy groups -OCH3 is 1. The maximum atomic E-state index is 14.4. The van der Waals surface area contributed by atoms with E-state index in [2.05, 4.69) is 25.5 Å². The summed E-state index contributed by atoms with van der Waals surface area (Å²) < 4.78 is 31.2. The van der Waals surface area contributed by atoms with Crippen molar-refractivity contribution in [3.8, 4) is 17.2 Å². The molecule has 4 rings (SSSR count). The molecule has 0 atom stereocenters. The predicted molar refractivity (Wildman–Crippen MR) is 128 cm³/mol. The van der Waals surface area contributed by atoms with Crippen LogP contribution in [0, 0.1) is 12.7 Å². The van der Waals surface area contributed by atoms with Crippen molar-refractivity contribution in [3.63, 3.8) is 0 Å². The lowest BCUT2D eigenvalue weighted by molar-refractivity contribution is 0.0383. The van der Waals surface area contributed by atoms with Crippen LogP contribution in [0.1, 0.15) is 5.56 Å². The Hall–Kier alpha value is -3.21. The van der Waals surface area contributed by atoms with Crippen LogP contribution in [-0.2, 0) is 4.74 Å². The first-order valence-corrected chi connectivity index (χ1v) is 11.3. The van der Waals surface area contributed by atoms with Crippen molar-refractivity contribution >= 4 is 22.4 Å². The molecule has 0 unspecified atom stereocenters. The van der Waals surface area contributed by atoms with Crippen LogP contribution in [0.4, 0.5) is 15.9 Å². The van der Waals surface area contributed by atoms with Crippen molar-refractivity contribution in [1.29, 1.82) is 0 Å². The molecule has 1 saturated heterocycles. The zero-order chi connectivity index (χ0) is 23.9. The number of phenols is 1. The van der Waals surface area contributed by atoms with Crippen molar-refractivity contribution in [3.05, 3.63) is 42.0 Å². The minimum Gasteiger partial charge on any atom is -0.508 e. The number of benzene rings is 2. The molecule has 1 aromatic heterocycles. The number of nitrogens with zero attached hydrogens (tertiary/aromatic N) is 3. The number of morpholine rings is 1. The van der Waals surface area contributed by atoms with Gasteiger partial charge in [0.15, 0.2) is 11.5 Å². The summed E-state index contributed by atoms with van der Waals surface area (Å²) in [5.74, 6) is 0.984. The average Bonchev–Trinajstić information content (AvgIpc) is 2.86. The molecule has 0 bridgehead atoms. The van der Waals surface area contributed by atoms with Crippen molar-refractivity contribution in [2.75, 3.05) is 65.0 Å². The van der Waals surface area contributed by atoms with E-state index in [1.54, 1.807) is 26.2 Å². The van der Waals surface area contributed by atoms with Crippen LogP contribution in [0.15, 0.2) is 30.6 Å². The molecule has 1 aliphatic heterocycles. The Kier molecular flexibility index (Phi) is 7.94. The van der Waals surface area contributed by atoms with Gasteiger partial charge in [0.05, 0.1) is 31.5 Å². The first-order valence-electron chi connectivity index (χ1n) is 11.3. The third-order valence-corrected chi connectivity index (χ3v) is 5.79. The smallest absolute Gasteiger partial charge is 0.163 e. The highest BCUT2D eigenvalue weighted by molar-refractivity contribution is 5.93. The number of hydrogen-bond donors (Lipinski definition) is 3. The lowest BCUT2D eigenvalue weighted by Crippen LogP contribution is -2.40. The average molecular weight is 472 g/mol. The van der Waals surface area contributed by atoms with Gasteiger partial charge in [-0.15, -0.1) is 0 Å². The predicted octanol–water partition coefficient (Wildman–Crippen LogP) is 2.84. The van der Waals surface area contributed by atoms with Crippen molar-refractivity contribution in [2.45, 2.75) is 6.92 Å². The number of rotatable bonds is 10. The third kappa shape index (κ3) is 5.64. The van der Waals surface area contributed by atoms with E-state index in [1.807, 2.05) is 0 Å². The van der Waals surface area contributed by atoms with Crippen LogP contribution < -0.4 is 20.1 Å². The van der Waals surface area contributed by atoms with Gasteiger partial charge in [0.25, 0.3) is 0 Å². The van der Waals surface area contributed by atoms with Crippen LogP contribution in [0.2, 0.25) is 0 Å². The Morgan fingerprint density at radius 2 is 1.97 bits per heavy atom. The largest absolute Gasteiger partial charge is 0.508 e. The summed E-state index contributed by atoms with van der Waals surface area (Å²) in [7, 11) is 1.56. The molecule has 2 heterocycles. The number of aromatic hydroxyl groups is 1. The number of fused-ring (bicyclic) bond motifs is 1. The molecule has 1 aliphatic rings. The quantitative estimate of drug-likeness (QED) is 0.385. The van der Waals surface area contributed by atoms with Gasteiger partial charge in [-0.3, -0.25) is 4.90 Å². The first kappa shape index (κ1) is 23.9. The van der Waals surface area contributed by atoms with E-state index in [9.17, 15) is 9.50 Å². The topological polar surface area (TPSA) is 101 Å². The molecule has 3 N–H and O–H groups in total. The number of halogens is 1. The molecule has 0 aliphatic carbocycles. The molecule has 10 heteroatoms. The van der Waals surface area contributed by atoms with Gasteiger partial charge in [-0.25, -0.2) is 14.4 Å². The van der Waals surface area contributed by atoms with E-state index >= 15 is 0 Å². The fourth-order valence-corrected chi connectivity index (χ4v) is 3.80. The Labute approximate surface area is 197 Å². The monoisotopic (exact) mass is 471 g/mol. The van der Waals surface area contributed by atoms with Crippen molar-refractivity contribution in [2.24, 2.45) is 0 Å². The summed E-state index contributed by atoms with van der Waals surface area (Å²) in [6.45, 7) is 8.20. The van der Waals surface area contributed by atoms with E-state index < -0.39 is 5.82 Å². The minimum absolute atomic E-state index is 0.00548. The molecule has 34 heavy (non-hydrogen) atoms. The summed E-state index contributed by atoms with van der Waals surface area (Å²) in [6, 6.07) is 6.06. The number of anilines is 2. The number of aromatic nitrogens is 2. The maximum Gasteiger partial charge on any atom is 0.163 e. The second kappa shape index (κ2) is 11.3. The first-order chi connectivity index (χ1) is 16.6. The molecular formula is C24H30FN5O4. The highest BCUT2D eigenvalue weighted by atomic mass is 19.1. The molecule has 3 aromatic rings. The number of phenolic OH excluding ortho intramolecular Hbond substituents is 1. The summed E-state index contributed by atoms with van der Waals surface area (Å²) in [5, 5.41) is 17.0. The van der Waals surface area contributed by atoms with Crippen molar-refractivity contribution in [1.82, 2.24) is 20.2 Å². The van der Waals surface area contributed by atoms with E-state index in [-0.39, 0.29) is 11.4 Å². The van der Waals surface area contributed by atoms with Gasteiger partial charge in [0.2, 0.25) is 0 Å². The Balaban J connectivity index is 1.42. The second-order valence-corrected chi connectivity index (χ2v) is 7.99. The summed E-state index contributed by atoms with van der Waals surface area (Å²) in [6.07, 6.45) is 1.39. The maximum absolute atomic E-state index is 14.4. The van der Waals surface area contributed by atoms with Crippen LogP contribution in [0.5, 0.6) is 17.2 Å². The van der Waals surface area contributed by atoms with Crippen LogP contribution in [0.3, 0.4) is 0 Å². The standard InChI is InChI=1S/C24H30FN5O4/c1-16-20(31)4-3-18(25)23(16)29-24-17-13-21(32-2)22(14-19(17)27-15-28-24)34-10-6-26-5-7-30-8-11-33-12-9-30/h3-4,13-15,26,31H,5-12H2,1-2H3,(H,27,28,29). The van der Waals surface area contributed by atoms with Crippen molar-refractivity contribution < 1.29 is 23.7 Å². The van der Waals surface area contributed by atoms with Crippen LogP contribution >= 0.6 is 0 Å². The molecule has 182 valence electrons. The van der Waals surface area contributed by atoms with Gasteiger partial charge in [0, 0.05) is 49.7 Å². The summed E-state index contributed by atoms with van der Waals surface area (Å²) in [5.41, 5.74) is 1.16. The SMILES string of the molecule is COc1cc2c(Nc3c(F)ccc(O)c3C)ncnc2cc1OCCNCCN1CCOCC1. The Morgan fingerprint density at radius 1 is 1.15 bits per heavy atom. The van der Waals surface area contributed by atoms with Crippen LogP contribution in [0.25, 0.3) is 10.9 Å². The summed E-state index contributed by atoms with van der Waals surface area (Å²) >= 11 is 0. The van der Waals surface area contributed by atoms with Gasteiger partial charge in [0.1, 0.15) is 30.3 Å². The molecule has 0 spiro atoms. The normalized spacial score (nSPS) is 14.3. The fraction of sp³-hybridized carbons (Fsp3) is 0.417. The van der Waals surface area contributed by atoms with Gasteiger partial charge < -0.3 is 30.0 Å². The molecule has 0 saturated carbocycles. The Bertz CT molecular complexity index is 1120. The fourth-order valence-electron chi connectivity index (χ4n) is 3.80. The molecule has 0 amide bonds. The molecule has 9 nitrogen and oxygen atoms in total. The summed E-state index contributed by atoms with van der Waals surface area (Å²) in [4.78, 5) is 11.0. The molecule has 1 fully saturated rings. The molecule has 2 aromatic carbocycles. The Morgan fingerprint density at radius 3 is 2.76 bits per heavy atom. The number of ether oxygens (including phenoxy) is 3. The van der Waals surface area contributed by atoms with Crippen LogP contribution in [-0.4, -0.2) is 79.6 Å². The highest BCUT2D eigenvalue weighted by Crippen LogP contribution is 2.36. The van der Waals surface area contributed by atoms with Gasteiger partial charge in [-0.2, -0.15) is 0 Å².